The number of ether oxygens (including phenoxy) is 4. The van der Waals surface area contributed by atoms with Crippen molar-refractivity contribution in [2.24, 2.45) is 4.99 Å². The third kappa shape index (κ3) is 5.06. The van der Waals surface area contributed by atoms with E-state index >= 15 is 0 Å². The van der Waals surface area contributed by atoms with E-state index in [2.05, 4.69) is 9.89 Å². The summed E-state index contributed by atoms with van der Waals surface area (Å²) in [6.45, 7) is 3.67. The SMILES string of the molecule is COC(=O)C[C@@H]1COc2cc(O[C@@H]3CCc4c3ccc(C(F)(F)F)c4CN3CCC4OC(C)=NC4C3)ccc21. The summed E-state index contributed by atoms with van der Waals surface area (Å²) in [6, 6.07) is 8.26. The Labute approximate surface area is 224 Å². The van der Waals surface area contributed by atoms with Crippen LogP contribution in [-0.4, -0.2) is 55.7 Å². The van der Waals surface area contributed by atoms with Gasteiger partial charge in [-0.2, -0.15) is 13.2 Å². The van der Waals surface area contributed by atoms with E-state index in [4.69, 9.17) is 18.9 Å². The summed E-state index contributed by atoms with van der Waals surface area (Å²) in [5.74, 6) is 1.53. The van der Waals surface area contributed by atoms with E-state index in [0.29, 0.717) is 55.5 Å². The third-order valence-corrected chi connectivity index (χ3v) is 8.22. The minimum Gasteiger partial charge on any atom is -0.492 e. The molecule has 2 aromatic carbocycles. The molecule has 4 aliphatic rings. The summed E-state index contributed by atoms with van der Waals surface area (Å²) < 4.78 is 64.9. The third-order valence-electron chi connectivity index (χ3n) is 8.22. The Kier molecular flexibility index (Phi) is 6.69. The topological polar surface area (TPSA) is 69.6 Å². The van der Waals surface area contributed by atoms with Crippen molar-refractivity contribution in [3.63, 3.8) is 0 Å². The van der Waals surface area contributed by atoms with E-state index in [1.165, 1.54) is 13.2 Å². The molecule has 10 heteroatoms. The summed E-state index contributed by atoms with van der Waals surface area (Å²) >= 11 is 0. The molecule has 0 bridgehead atoms. The summed E-state index contributed by atoms with van der Waals surface area (Å²) in [6.07, 6.45) is -2.68. The Bertz CT molecular complexity index is 1310. The first kappa shape index (κ1) is 26.0. The molecule has 3 aliphatic heterocycles. The van der Waals surface area contributed by atoms with Crippen molar-refractivity contribution in [3.8, 4) is 11.5 Å². The van der Waals surface area contributed by atoms with Gasteiger partial charge in [-0.05, 0) is 48.1 Å². The van der Waals surface area contributed by atoms with E-state index in [9.17, 15) is 18.0 Å². The maximum Gasteiger partial charge on any atom is 0.416 e. The number of hydrogen-bond donors (Lipinski definition) is 0. The highest BCUT2D eigenvalue weighted by Crippen LogP contribution is 2.44. The molecule has 2 unspecified atom stereocenters. The summed E-state index contributed by atoms with van der Waals surface area (Å²) in [5, 5.41) is 0. The number of piperidine rings is 1. The Balaban J connectivity index is 1.22. The van der Waals surface area contributed by atoms with Crippen molar-refractivity contribution in [1.29, 1.82) is 0 Å². The van der Waals surface area contributed by atoms with Crippen LogP contribution in [0.4, 0.5) is 13.2 Å². The van der Waals surface area contributed by atoms with E-state index in [-0.39, 0.29) is 43.1 Å². The van der Waals surface area contributed by atoms with Gasteiger partial charge in [-0.1, -0.05) is 12.1 Å². The van der Waals surface area contributed by atoms with Gasteiger partial charge in [0, 0.05) is 44.1 Å². The minimum absolute atomic E-state index is 0.0228. The van der Waals surface area contributed by atoms with Crippen molar-refractivity contribution < 1.29 is 36.9 Å². The molecule has 7 nitrogen and oxygen atoms in total. The van der Waals surface area contributed by atoms with Crippen molar-refractivity contribution in [1.82, 2.24) is 4.90 Å². The van der Waals surface area contributed by atoms with Crippen LogP contribution in [0.15, 0.2) is 35.3 Å². The molecule has 1 aliphatic carbocycles. The highest BCUT2D eigenvalue weighted by atomic mass is 19.4. The van der Waals surface area contributed by atoms with Crippen LogP contribution in [0.2, 0.25) is 0 Å². The fraction of sp³-hybridized carbons (Fsp3) is 0.517. The lowest BCUT2D eigenvalue weighted by Gasteiger charge is -2.34. The van der Waals surface area contributed by atoms with Gasteiger partial charge < -0.3 is 18.9 Å². The van der Waals surface area contributed by atoms with Crippen molar-refractivity contribution >= 4 is 11.9 Å². The first-order valence-electron chi connectivity index (χ1n) is 13.3. The van der Waals surface area contributed by atoms with Crippen LogP contribution in [0.5, 0.6) is 11.5 Å². The highest BCUT2D eigenvalue weighted by Gasteiger charge is 2.40. The largest absolute Gasteiger partial charge is 0.492 e. The smallest absolute Gasteiger partial charge is 0.416 e. The lowest BCUT2D eigenvalue weighted by atomic mass is 9.94. The van der Waals surface area contributed by atoms with Crippen LogP contribution in [0.25, 0.3) is 0 Å². The number of rotatable bonds is 6. The van der Waals surface area contributed by atoms with Crippen molar-refractivity contribution in [3.05, 3.63) is 58.1 Å². The Hall–Kier alpha value is -3.27. The number of nitrogens with zero attached hydrogens (tertiary/aromatic N) is 2. The van der Waals surface area contributed by atoms with E-state index in [1.807, 2.05) is 19.1 Å². The summed E-state index contributed by atoms with van der Waals surface area (Å²) in [5.41, 5.74) is 2.22. The monoisotopic (exact) mass is 544 g/mol. The lowest BCUT2D eigenvalue weighted by Crippen LogP contribution is -2.44. The van der Waals surface area contributed by atoms with Gasteiger partial charge >= 0.3 is 12.1 Å². The van der Waals surface area contributed by atoms with Crippen LogP contribution in [0.3, 0.4) is 0 Å². The molecule has 0 spiro atoms. The second-order valence-corrected chi connectivity index (χ2v) is 10.7. The van der Waals surface area contributed by atoms with Gasteiger partial charge in [0.15, 0.2) is 5.90 Å². The quantitative estimate of drug-likeness (QED) is 0.466. The first-order chi connectivity index (χ1) is 18.7. The normalized spacial score (nSPS) is 25.7. The van der Waals surface area contributed by atoms with Gasteiger partial charge in [-0.15, -0.1) is 0 Å². The number of carbonyl (C=O) groups excluding carboxylic acids is 1. The van der Waals surface area contributed by atoms with Crippen LogP contribution in [0, 0.1) is 0 Å². The summed E-state index contributed by atoms with van der Waals surface area (Å²) in [7, 11) is 1.36. The van der Waals surface area contributed by atoms with Gasteiger partial charge in [0.05, 0.1) is 25.7 Å². The molecule has 0 N–H and O–H groups in total. The predicted octanol–water partition coefficient (Wildman–Crippen LogP) is 5.20. The van der Waals surface area contributed by atoms with Crippen LogP contribution < -0.4 is 9.47 Å². The van der Waals surface area contributed by atoms with Crippen LogP contribution in [0.1, 0.15) is 66.0 Å². The fourth-order valence-electron chi connectivity index (χ4n) is 6.34. The molecule has 1 fully saturated rings. The molecule has 4 atom stereocenters. The van der Waals surface area contributed by atoms with Gasteiger partial charge in [-0.25, -0.2) is 4.99 Å². The Morgan fingerprint density at radius 2 is 2.00 bits per heavy atom. The molecule has 0 radical (unpaired) electrons. The lowest BCUT2D eigenvalue weighted by molar-refractivity contribution is -0.141. The number of carbonyl (C=O) groups is 1. The Morgan fingerprint density at radius 1 is 1.18 bits per heavy atom. The molecule has 3 heterocycles. The zero-order valence-corrected chi connectivity index (χ0v) is 21.9. The number of benzene rings is 2. The molecule has 0 aromatic heterocycles. The molecular formula is C29H31F3N2O5. The van der Waals surface area contributed by atoms with E-state index < -0.39 is 11.7 Å². The molecular weight excluding hydrogens is 513 g/mol. The second kappa shape index (κ2) is 10.0. The van der Waals surface area contributed by atoms with E-state index in [1.54, 1.807) is 12.1 Å². The average molecular weight is 545 g/mol. The number of hydrogen-bond acceptors (Lipinski definition) is 7. The number of fused-ring (bicyclic) bond motifs is 3. The van der Waals surface area contributed by atoms with E-state index in [0.717, 1.165) is 23.1 Å². The van der Waals surface area contributed by atoms with Gasteiger partial charge in [0.25, 0.3) is 0 Å². The molecule has 0 saturated carbocycles. The number of esters is 1. The summed E-state index contributed by atoms with van der Waals surface area (Å²) in [4.78, 5) is 18.3. The highest BCUT2D eigenvalue weighted by molar-refractivity contribution is 5.75. The van der Waals surface area contributed by atoms with Crippen LogP contribution in [-0.2, 0) is 33.4 Å². The average Bonchev–Trinajstić information content (AvgIpc) is 3.59. The molecule has 0 amide bonds. The molecule has 2 aromatic rings. The number of methoxy groups -OCH3 is 1. The van der Waals surface area contributed by atoms with Gasteiger partial charge in [0.2, 0.25) is 0 Å². The number of likely N-dealkylation sites (tertiary alicyclic amines) is 1. The van der Waals surface area contributed by atoms with Gasteiger partial charge in [-0.3, -0.25) is 9.69 Å². The second-order valence-electron chi connectivity index (χ2n) is 10.7. The number of halogens is 3. The predicted molar refractivity (Wildman–Crippen MR) is 136 cm³/mol. The number of aliphatic imine (C=N–C) groups is 1. The first-order valence-corrected chi connectivity index (χ1v) is 13.3. The standard InChI is InChI=1S/C29H31F3N2O5/c1-16-33-24-14-34(10-9-26(24)38-16)13-22-20-6-8-25(21(20)5-7-23(22)29(30,31)32)39-18-3-4-19-17(11-28(35)36-2)15-37-27(19)12-18/h3-5,7,12,17,24-26H,6,8-11,13-15H2,1-2H3/t17-,24?,25-,26?/m1/s1. The van der Waals surface area contributed by atoms with Crippen molar-refractivity contribution in [2.75, 3.05) is 26.8 Å². The molecule has 1 saturated heterocycles. The maximum absolute atomic E-state index is 14.1. The van der Waals surface area contributed by atoms with Crippen molar-refractivity contribution in [2.45, 2.75) is 69.5 Å². The van der Waals surface area contributed by atoms with Crippen LogP contribution >= 0.6 is 0 Å². The molecule has 208 valence electrons. The Morgan fingerprint density at radius 3 is 2.79 bits per heavy atom. The maximum atomic E-state index is 14.1. The molecule has 6 rings (SSSR count). The van der Waals surface area contributed by atoms with Gasteiger partial charge in [0.1, 0.15) is 29.7 Å². The zero-order valence-electron chi connectivity index (χ0n) is 21.9. The number of alkyl halides is 3. The molecule has 39 heavy (non-hydrogen) atoms. The minimum atomic E-state index is -4.44. The zero-order chi connectivity index (χ0) is 27.3. The fourth-order valence-corrected chi connectivity index (χ4v) is 6.34.